The van der Waals surface area contributed by atoms with Crippen molar-refractivity contribution in [3.8, 4) is 5.75 Å². The molecule has 2 aliphatic heterocycles. The zero-order valence-electron chi connectivity index (χ0n) is 16.0. The second-order valence-electron chi connectivity index (χ2n) is 7.21. The van der Waals surface area contributed by atoms with Crippen molar-refractivity contribution in [3.05, 3.63) is 29.6 Å². The number of methoxy groups -OCH3 is 1. The van der Waals surface area contributed by atoms with Crippen LogP contribution in [0.25, 0.3) is 0 Å². The highest BCUT2D eigenvalue weighted by Crippen LogP contribution is 2.19. The SMILES string of the molecule is COc1ccc(C(=O)N2CCN(CC(=O)N3CCCCCC3)CC2)c(F)c1. The van der Waals surface area contributed by atoms with E-state index in [9.17, 15) is 14.0 Å². The van der Waals surface area contributed by atoms with E-state index < -0.39 is 5.82 Å². The van der Waals surface area contributed by atoms with Gasteiger partial charge >= 0.3 is 0 Å². The zero-order valence-corrected chi connectivity index (χ0v) is 16.0. The van der Waals surface area contributed by atoms with Crippen molar-refractivity contribution in [2.24, 2.45) is 0 Å². The summed E-state index contributed by atoms with van der Waals surface area (Å²) < 4.78 is 19.1. The van der Waals surface area contributed by atoms with E-state index in [-0.39, 0.29) is 17.4 Å². The molecule has 2 fully saturated rings. The number of halogens is 1. The van der Waals surface area contributed by atoms with E-state index in [1.54, 1.807) is 11.0 Å². The van der Waals surface area contributed by atoms with Crippen LogP contribution in [0.15, 0.2) is 18.2 Å². The molecule has 0 radical (unpaired) electrons. The lowest BCUT2D eigenvalue weighted by Gasteiger charge is -2.35. The number of rotatable bonds is 4. The molecule has 27 heavy (non-hydrogen) atoms. The first-order valence-corrected chi connectivity index (χ1v) is 9.71. The molecule has 2 amide bonds. The maximum Gasteiger partial charge on any atom is 0.256 e. The Labute approximate surface area is 159 Å². The molecule has 6 nitrogen and oxygen atoms in total. The number of carbonyl (C=O) groups is 2. The van der Waals surface area contributed by atoms with Crippen molar-refractivity contribution >= 4 is 11.8 Å². The first kappa shape index (κ1) is 19.6. The summed E-state index contributed by atoms with van der Waals surface area (Å²) in [6.07, 6.45) is 4.57. The van der Waals surface area contributed by atoms with Gasteiger partial charge in [-0.2, -0.15) is 0 Å². The second kappa shape index (κ2) is 9.17. The van der Waals surface area contributed by atoms with Crippen LogP contribution in [0.2, 0.25) is 0 Å². The Morgan fingerprint density at radius 1 is 0.963 bits per heavy atom. The van der Waals surface area contributed by atoms with Crippen LogP contribution in [0.5, 0.6) is 5.75 Å². The Morgan fingerprint density at radius 3 is 2.22 bits per heavy atom. The third-order valence-corrected chi connectivity index (χ3v) is 5.38. The first-order chi connectivity index (χ1) is 13.1. The minimum atomic E-state index is -0.571. The lowest BCUT2D eigenvalue weighted by molar-refractivity contribution is -0.132. The molecule has 7 heteroatoms. The second-order valence-corrected chi connectivity index (χ2v) is 7.21. The number of piperazine rings is 1. The van der Waals surface area contributed by atoms with Crippen LogP contribution in [0.3, 0.4) is 0 Å². The van der Waals surface area contributed by atoms with E-state index in [4.69, 9.17) is 4.74 Å². The molecule has 2 saturated heterocycles. The molecular formula is C20H28FN3O3. The van der Waals surface area contributed by atoms with Crippen LogP contribution in [-0.4, -0.2) is 79.4 Å². The lowest BCUT2D eigenvalue weighted by atomic mass is 10.1. The molecule has 0 aliphatic carbocycles. The Hall–Kier alpha value is -2.15. The van der Waals surface area contributed by atoms with Gasteiger partial charge in [0.2, 0.25) is 5.91 Å². The maximum absolute atomic E-state index is 14.1. The van der Waals surface area contributed by atoms with E-state index in [2.05, 4.69) is 4.90 Å². The van der Waals surface area contributed by atoms with Gasteiger partial charge in [-0.25, -0.2) is 4.39 Å². The monoisotopic (exact) mass is 377 g/mol. The minimum absolute atomic E-state index is 0.0601. The van der Waals surface area contributed by atoms with Crippen molar-refractivity contribution in [1.82, 2.24) is 14.7 Å². The highest BCUT2D eigenvalue weighted by atomic mass is 19.1. The van der Waals surface area contributed by atoms with E-state index in [1.165, 1.54) is 32.1 Å². The van der Waals surface area contributed by atoms with Crippen molar-refractivity contribution < 1.29 is 18.7 Å². The molecule has 0 saturated carbocycles. The molecule has 148 valence electrons. The minimum Gasteiger partial charge on any atom is -0.497 e. The highest BCUT2D eigenvalue weighted by Gasteiger charge is 2.26. The van der Waals surface area contributed by atoms with Crippen LogP contribution < -0.4 is 4.74 Å². The van der Waals surface area contributed by atoms with Crippen LogP contribution in [0.1, 0.15) is 36.0 Å². The number of hydrogen-bond donors (Lipinski definition) is 0. The molecule has 0 unspecified atom stereocenters. The summed E-state index contributed by atoms with van der Waals surface area (Å²) in [5, 5.41) is 0. The standard InChI is InChI=1S/C20H28FN3O3/c1-27-16-6-7-17(18(21)14-16)20(26)24-12-10-22(11-13-24)15-19(25)23-8-4-2-3-5-9-23/h6-7,14H,2-5,8-13,15H2,1H3. The molecule has 2 aliphatic rings. The van der Waals surface area contributed by atoms with E-state index in [0.29, 0.717) is 38.5 Å². The zero-order chi connectivity index (χ0) is 19.2. The first-order valence-electron chi connectivity index (χ1n) is 9.71. The maximum atomic E-state index is 14.1. The molecule has 2 heterocycles. The topological polar surface area (TPSA) is 53.1 Å². The molecule has 0 aromatic heterocycles. The fourth-order valence-corrected chi connectivity index (χ4v) is 3.69. The van der Waals surface area contributed by atoms with Crippen LogP contribution in [0.4, 0.5) is 4.39 Å². The lowest BCUT2D eigenvalue weighted by Crippen LogP contribution is -2.51. The van der Waals surface area contributed by atoms with Crippen LogP contribution in [0, 0.1) is 5.82 Å². The number of carbonyl (C=O) groups excluding carboxylic acids is 2. The molecule has 1 aromatic rings. The summed E-state index contributed by atoms with van der Waals surface area (Å²) in [6.45, 7) is 4.36. The van der Waals surface area contributed by atoms with E-state index >= 15 is 0 Å². The molecule has 3 rings (SSSR count). The third kappa shape index (κ3) is 4.97. The summed E-state index contributed by atoms with van der Waals surface area (Å²) in [6, 6.07) is 4.28. The van der Waals surface area contributed by atoms with Gasteiger partial charge in [0.1, 0.15) is 11.6 Å². The van der Waals surface area contributed by atoms with Crippen molar-refractivity contribution in [3.63, 3.8) is 0 Å². The van der Waals surface area contributed by atoms with E-state index in [0.717, 1.165) is 25.9 Å². The normalized spacial score (nSPS) is 18.9. The van der Waals surface area contributed by atoms with Crippen molar-refractivity contribution in [2.45, 2.75) is 25.7 Å². The smallest absolute Gasteiger partial charge is 0.256 e. The van der Waals surface area contributed by atoms with Crippen molar-refractivity contribution in [1.29, 1.82) is 0 Å². The Morgan fingerprint density at radius 2 is 1.63 bits per heavy atom. The average molecular weight is 377 g/mol. The van der Waals surface area contributed by atoms with Crippen LogP contribution >= 0.6 is 0 Å². The third-order valence-electron chi connectivity index (χ3n) is 5.38. The van der Waals surface area contributed by atoms with Gasteiger partial charge in [0.15, 0.2) is 0 Å². The fraction of sp³-hybridized carbons (Fsp3) is 0.600. The molecule has 0 bridgehead atoms. The van der Waals surface area contributed by atoms with Gasteiger partial charge in [-0.1, -0.05) is 12.8 Å². The predicted octanol–water partition coefficient (Wildman–Crippen LogP) is 1.99. The summed E-state index contributed by atoms with van der Waals surface area (Å²) in [4.78, 5) is 30.8. The fourth-order valence-electron chi connectivity index (χ4n) is 3.69. The molecule has 0 N–H and O–H groups in total. The van der Waals surface area contributed by atoms with Crippen molar-refractivity contribution in [2.75, 3.05) is 52.9 Å². The van der Waals surface area contributed by atoms with Gasteiger partial charge in [-0.3, -0.25) is 14.5 Å². The van der Waals surface area contributed by atoms with Crippen LogP contribution in [-0.2, 0) is 4.79 Å². The summed E-state index contributed by atoms with van der Waals surface area (Å²) >= 11 is 0. The Kier molecular flexibility index (Phi) is 6.66. The average Bonchev–Trinajstić information content (AvgIpc) is 2.97. The number of ether oxygens (including phenoxy) is 1. The Bertz CT molecular complexity index is 666. The highest BCUT2D eigenvalue weighted by molar-refractivity contribution is 5.94. The number of hydrogen-bond acceptors (Lipinski definition) is 4. The Balaban J connectivity index is 1.51. The molecular weight excluding hydrogens is 349 g/mol. The molecule has 0 atom stereocenters. The predicted molar refractivity (Wildman–Crippen MR) is 100 cm³/mol. The molecule has 1 aromatic carbocycles. The van der Waals surface area contributed by atoms with E-state index in [1.807, 2.05) is 4.90 Å². The van der Waals surface area contributed by atoms with Gasteiger partial charge in [0, 0.05) is 45.3 Å². The van der Waals surface area contributed by atoms with Gasteiger partial charge in [0.05, 0.1) is 19.2 Å². The van der Waals surface area contributed by atoms with Gasteiger partial charge < -0.3 is 14.5 Å². The summed E-state index contributed by atoms with van der Waals surface area (Å²) in [7, 11) is 1.46. The number of amides is 2. The molecule has 0 spiro atoms. The van der Waals surface area contributed by atoms with Gasteiger partial charge in [0.25, 0.3) is 5.91 Å². The van der Waals surface area contributed by atoms with Gasteiger partial charge in [-0.15, -0.1) is 0 Å². The summed E-state index contributed by atoms with van der Waals surface area (Å²) in [5.74, 6) is -0.314. The quantitative estimate of drug-likeness (QED) is 0.805. The number of likely N-dealkylation sites (tertiary alicyclic amines) is 1. The largest absolute Gasteiger partial charge is 0.497 e. The number of benzene rings is 1. The number of nitrogens with zero attached hydrogens (tertiary/aromatic N) is 3. The summed E-state index contributed by atoms with van der Waals surface area (Å²) in [5.41, 5.74) is 0.0601. The van der Waals surface area contributed by atoms with Gasteiger partial charge in [-0.05, 0) is 25.0 Å².